The van der Waals surface area contributed by atoms with E-state index in [1.54, 1.807) is 7.11 Å². The Balaban J connectivity index is 2.00. The van der Waals surface area contributed by atoms with Gasteiger partial charge in [-0.25, -0.2) is 0 Å². The van der Waals surface area contributed by atoms with Crippen LogP contribution in [0.1, 0.15) is 35.3 Å². The lowest BCUT2D eigenvalue weighted by molar-refractivity contribution is 0.0696. The molecule has 1 atom stereocenters. The Hall–Kier alpha value is -2.26. The molecule has 24 heavy (non-hydrogen) atoms. The van der Waals surface area contributed by atoms with Gasteiger partial charge in [-0.15, -0.1) is 0 Å². The molecule has 3 heteroatoms. The van der Waals surface area contributed by atoms with E-state index >= 15 is 0 Å². The number of fused-ring (bicyclic) bond motifs is 1. The van der Waals surface area contributed by atoms with Crippen LogP contribution in [0.2, 0.25) is 0 Å². The van der Waals surface area contributed by atoms with Crippen molar-refractivity contribution in [2.75, 3.05) is 27.3 Å². The minimum Gasteiger partial charge on any atom is -0.496 e. The molecule has 3 nitrogen and oxygen atoms in total. The van der Waals surface area contributed by atoms with E-state index in [9.17, 15) is 0 Å². The zero-order valence-corrected chi connectivity index (χ0v) is 14.7. The van der Waals surface area contributed by atoms with Crippen molar-refractivity contribution in [2.45, 2.75) is 19.4 Å². The summed E-state index contributed by atoms with van der Waals surface area (Å²) >= 11 is 0. The van der Waals surface area contributed by atoms with Gasteiger partial charge < -0.3 is 14.4 Å². The molecule has 1 aliphatic rings. The molecule has 2 aromatic rings. The SMILES string of the molecule is CCN(C)/C=C/c1cc2c(cc1OC)C(c1ccccc1)OCC2. The molecule has 0 amide bonds. The van der Waals surface area contributed by atoms with E-state index < -0.39 is 0 Å². The first-order chi connectivity index (χ1) is 11.7. The molecule has 2 aromatic carbocycles. The van der Waals surface area contributed by atoms with Gasteiger partial charge in [0.25, 0.3) is 0 Å². The van der Waals surface area contributed by atoms with Gasteiger partial charge in [-0.05, 0) is 54.4 Å². The smallest absolute Gasteiger partial charge is 0.126 e. The molecular formula is C21H25NO2. The largest absolute Gasteiger partial charge is 0.496 e. The standard InChI is InChI=1S/C21H25NO2/c1-4-22(2)12-10-18-14-17-11-13-24-21(16-8-6-5-7-9-16)19(17)15-20(18)23-3/h5-10,12,14-15,21H,4,11,13H2,1-3H3/b12-10+. The van der Waals surface area contributed by atoms with Crippen molar-refractivity contribution in [2.24, 2.45) is 0 Å². The van der Waals surface area contributed by atoms with Crippen molar-refractivity contribution in [1.29, 1.82) is 0 Å². The maximum Gasteiger partial charge on any atom is 0.126 e. The summed E-state index contributed by atoms with van der Waals surface area (Å²) in [5.74, 6) is 0.890. The molecule has 0 radical (unpaired) electrons. The van der Waals surface area contributed by atoms with E-state index in [1.807, 2.05) is 6.07 Å². The number of methoxy groups -OCH3 is 1. The van der Waals surface area contributed by atoms with Crippen LogP contribution in [0.4, 0.5) is 0 Å². The van der Waals surface area contributed by atoms with Crippen LogP contribution in [0, 0.1) is 0 Å². The first-order valence-electron chi connectivity index (χ1n) is 8.48. The van der Waals surface area contributed by atoms with Gasteiger partial charge in [0, 0.05) is 19.2 Å². The van der Waals surface area contributed by atoms with Crippen LogP contribution in [-0.4, -0.2) is 32.2 Å². The third-order valence-corrected chi connectivity index (χ3v) is 4.54. The highest BCUT2D eigenvalue weighted by Gasteiger charge is 2.24. The molecule has 0 aliphatic carbocycles. The molecule has 0 fully saturated rings. The lowest BCUT2D eigenvalue weighted by Crippen LogP contribution is -2.17. The van der Waals surface area contributed by atoms with Crippen LogP contribution in [-0.2, 0) is 11.2 Å². The second-order valence-corrected chi connectivity index (χ2v) is 6.09. The van der Waals surface area contributed by atoms with Crippen LogP contribution < -0.4 is 4.74 Å². The van der Waals surface area contributed by atoms with Gasteiger partial charge in [0.15, 0.2) is 0 Å². The van der Waals surface area contributed by atoms with Gasteiger partial charge in [0.1, 0.15) is 11.9 Å². The quantitative estimate of drug-likeness (QED) is 0.820. The van der Waals surface area contributed by atoms with Crippen molar-refractivity contribution in [3.05, 3.63) is 70.9 Å². The van der Waals surface area contributed by atoms with Gasteiger partial charge in [0.2, 0.25) is 0 Å². The molecule has 1 heterocycles. The van der Waals surface area contributed by atoms with Crippen molar-refractivity contribution in [1.82, 2.24) is 4.90 Å². The van der Waals surface area contributed by atoms with Crippen molar-refractivity contribution in [3.8, 4) is 5.75 Å². The van der Waals surface area contributed by atoms with Crippen LogP contribution >= 0.6 is 0 Å². The van der Waals surface area contributed by atoms with Gasteiger partial charge in [0.05, 0.1) is 13.7 Å². The molecule has 1 unspecified atom stereocenters. The Morgan fingerprint density at radius 2 is 2.04 bits per heavy atom. The normalized spacial score (nSPS) is 16.9. The van der Waals surface area contributed by atoms with Gasteiger partial charge in [-0.3, -0.25) is 0 Å². The maximum atomic E-state index is 6.06. The fraction of sp³-hybridized carbons (Fsp3) is 0.333. The number of hydrogen-bond acceptors (Lipinski definition) is 3. The Kier molecular flexibility index (Phi) is 5.21. The molecule has 0 spiro atoms. The van der Waals surface area contributed by atoms with Crippen molar-refractivity contribution in [3.63, 3.8) is 0 Å². The molecule has 3 rings (SSSR count). The zero-order chi connectivity index (χ0) is 16.9. The van der Waals surface area contributed by atoms with Crippen LogP contribution in [0.3, 0.4) is 0 Å². The average molecular weight is 323 g/mol. The summed E-state index contributed by atoms with van der Waals surface area (Å²) < 4.78 is 11.7. The van der Waals surface area contributed by atoms with Gasteiger partial charge >= 0.3 is 0 Å². The summed E-state index contributed by atoms with van der Waals surface area (Å²) in [6.07, 6.45) is 5.14. The first kappa shape index (κ1) is 16.6. The van der Waals surface area contributed by atoms with E-state index in [2.05, 4.69) is 67.5 Å². The summed E-state index contributed by atoms with van der Waals surface area (Å²) in [6, 6.07) is 14.8. The third-order valence-electron chi connectivity index (χ3n) is 4.54. The molecule has 0 bridgehead atoms. The van der Waals surface area contributed by atoms with E-state index in [0.29, 0.717) is 0 Å². The van der Waals surface area contributed by atoms with Gasteiger partial charge in [-0.2, -0.15) is 0 Å². The summed E-state index contributed by atoms with van der Waals surface area (Å²) in [4.78, 5) is 2.15. The minimum absolute atomic E-state index is 0.0137. The zero-order valence-electron chi connectivity index (χ0n) is 14.7. The van der Waals surface area contributed by atoms with E-state index in [-0.39, 0.29) is 6.10 Å². The number of hydrogen-bond donors (Lipinski definition) is 0. The molecule has 0 N–H and O–H groups in total. The highest BCUT2D eigenvalue weighted by molar-refractivity contribution is 5.61. The summed E-state index contributed by atoms with van der Waals surface area (Å²) in [7, 11) is 3.80. The van der Waals surface area contributed by atoms with E-state index in [0.717, 1.165) is 30.9 Å². The number of ether oxygens (including phenoxy) is 2. The predicted molar refractivity (Wildman–Crippen MR) is 98.3 cm³/mol. The summed E-state index contributed by atoms with van der Waals surface area (Å²) in [5.41, 5.74) is 4.86. The molecule has 0 saturated heterocycles. The molecule has 0 saturated carbocycles. The van der Waals surface area contributed by atoms with Crippen molar-refractivity contribution < 1.29 is 9.47 Å². The molecule has 0 aromatic heterocycles. The molecule has 1 aliphatic heterocycles. The molecule has 126 valence electrons. The third kappa shape index (κ3) is 3.46. The van der Waals surface area contributed by atoms with E-state index in [4.69, 9.17) is 9.47 Å². The lowest BCUT2D eigenvalue weighted by atomic mass is 9.91. The fourth-order valence-corrected chi connectivity index (χ4v) is 3.02. The lowest BCUT2D eigenvalue weighted by Gasteiger charge is -2.27. The number of rotatable bonds is 5. The number of nitrogens with zero attached hydrogens (tertiary/aromatic N) is 1. The van der Waals surface area contributed by atoms with Crippen LogP contribution in [0.5, 0.6) is 5.75 Å². The Labute approximate surface area is 144 Å². The fourth-order valence-electron chi connectivity index (χ4n) is 3.02. The van der Waals surface area contributed by atoms with Gasteiger partial charge in [-0.1, -0.05) is 30.3 Å². The number of benzene rings is 2. The van der Waals surface area contributed by atoms with Crippen molar-refractivity contribution >= 4 is 6.08 Å². The summed E-state index contributed by atoms with van der Waals surface area (Å²) in [5, 5.41) is 0. The Bertz CT molecular complexity index is 709. The van der Waals surface area contributed by atoms with E-state index in [1.165, 1.54) is 16.7 Å². The topological polar surface area (TPSA) is 21.7 Å². The first-order valence-corrected chi connectivity index (χ1v) is 8.48. The highest BCUT2D eigenvalue weighted by atomic mass is 16.5. The van der Waals surface area contributed by atoms with Crippen LogP contribution in [0.15, 0.2) is 48.7 Å². The average Bonchev–Trinajstić information content (AvgIpc) is 2.65. The predicted octanol–water partition coefficient (Wildman–Crippen LogP) is 4.28. The second-order valence-electron chi connectivity index (χ2n) is 6.09. The van der Waals surface area contributed by atoms with Crippen LogP contribution in [0.25, 0.3) is 6.08 Å². The molecular weight excluding hydrogens is 298 g/mol. The maximum absolute atomic E-state index is 6.06. The Morgan fingerprint density at radius 3 is 2.75 bits per heavy atom. The summed E-state index contributed by atoms with van der Waals surface area (Å²) in [6.45, 7) is 3.86. The highest BCUT2D eigenvalue weighted by Crippen LogP contribution is 2.37. The second kappa shape index (κ2) is 7.54. The monoisotopic (exact) mass is 323 g/mol. The minimum atomic E-state index is -0.0137. The Morgan fingerprint density at radius 1 is 1.25 bits per heavy atom.